The standard InChI is InChI=1S/C14H17NO4S/c1-20-12-4-2-10(3-5-12)14(18)15-6-7-19-9-11(15)8-13(16)17/h2-5,11H,6-9H2,1H3,(H,16,17). The largest absolute Gasteiger partial charge is 0.481 e. The summed E-state index contributed by atoms with van der Waals surface area (Å²) in [7, 11) is 0. The number of aliphatic carboxylic acids is 1. The zero-order valence-electron chi connectivity index (χ0n) is 11.2. The zero-order valence-corrected chi connectivity index (χ0v) is 12.1. The highest BCUT2D eigenvalue weighted by molar-refractivity contribution is 7.98. The van der Waals surface area contributed by atoms with Gasteiger partial charge in [-0.05, 0) is 30.5 Å². The first-order valence-corrected chi connectivity index (χ1v) is 7.59. The molecule has 2 rings (SSSR count). The van der Waals surface area contributed by atoms with E-state index in [9.17, 15) is 9.59 Å². The Kier molecular flexibility index (Phi) is 5.03. The van der Waals surface area contributed by atoms with Crippen molar-refractivity contribution in [2.75, 3.05) is 26.0 Å². The number of carbonyl (C=O) groups is 2. The SMILES string of the molecule is CSc1ccc(C(=O)N2CCOCC2CC(=O)O)cc1. The number of thioether (sulfide) groups is 1. The predicted octanol–water partition coefficient (Wildman–Crippen LogP) is 1.72. The Morgan fingerprint density at radius 1 is 1.40 bits per heavy atom. The monoisotopic (exact) mass is 295 g/mol. The molecular formula is C14H17NO4S. The summed E-state index contributed by atoms with van der Waals surface area (Å²) in [5.41, 5.74) is 0.583. The second-order valence-corrected chi connectivity index (χ2v) is 5.43. The number of nitrogens with zero attached hydrogens (tertiary/aromatic N) is 1. The van der Waals surface area contributed by atoms with Crippen LogP contribution in [-0.2, 0) is 9.53 Å². The number of benzene rings is 1. The second kappa shape index (κ2) is 6.76. The van der Waals surface area contributed by atoms with Crippen LogP contribution in [-0.4, -0.2) is 53.9 Å². The van der Waals surface area contributed by atoms with Crippen molar-refractivity contribution in [2.24, 2.45) is 0 Å². The molecule has 0 radical (unpaired) electrons. The summed E-state index contributed by atoms with van der Waals surface area (Å²) in [5, 5.41) is 8.91. The minimum atomic E-state index is -0.920. The van der Waals surface area contributed by atoms with E-state index in [2.05, 4.69) is 0 Å². The molecular weight excluding hydrogens is 278 g/mol. The fourth-order valence-corrected chi connectivity index (χ4v) is 2.60. The van der Waals surface area contributed by atoms with E-state index in [1.54, 1.807) is 28.8 Å². The third-order valence-electron chi connectivity index (χ3n) is 3.24. The van der Waals surface area contributed by atoms with Crippen molar-refractivity contribution in [1.29, 1.82) is 0 Å². The van der Waals surface area contributed by atoms with Gasteiger partial charge in [-0.15, -0.1) is 11.8 Å². The number of amides is 1. The van der Waals surface area contributed by atoms with Crippen LogP contribution in [0.3, 0.4) is 0 Å². The average molecular weight is 295 g/mol. The molecule has 0 spiro atoms. The number of morpholine rings is 1. The van der Waals surface area contributed by atoms with Crippen molar-refractivity contribution in [1.82, 2.24) is 4.90 Å². The van der Waals surface area contributed by atoms with Crippen LogP contribution >= 0.6 is 11.8 Å². The lowest BCUT2D eigenvalue weighted by molar-refractivity contribution is -0.139. The van der Waals surface area contributed by atoms with Gasteiger partial charge in [-0.3, -0.25) is 9.59 Å². The number of hydrogen-bond acceptors (Lipinski definition) is 4. The maximum atomic E-state index is 12.5. The maximum Gasteiger partial charge on any atom is 0.305 e. The van der Waals surface area contributed by atoms with Crippen LogP contribution in [0.25, 0.3) is 0 Å². The first kappa shape index (κ1) is 14.9. The lowest BCUT2D eigenvalue weighted by Crippen LogP contribution is -2.49. The number of carboxylic acids is 1. The molecule has 0 bridgehead atoms. The van der Waals surface area contributed by atoms with E-state index in [0.29, 0.717) is 18.7 Å². The Bertz CT molecular complexity index is 488. The summed E-state index contributed by atoms with van der Waals surface area (Å²) >= 11 is 1.61. The third kappa shape index (κ3) is 3.52. The molecule has 1 heterocycles. The molecule has 1 atom stereocenters. The second-order valence-electron chi connectivity index (χ2n) is 4.55. The van der Waals surface area contributed by atoms with E-state index in [4.69, 9.17) is 9.84 Å². The van der Waals surface area contributed by atoms with Gasteiger partial charge in [0, 0.05) is 17.0 Å². The number of carboxylic acid groups (broad SMARTS) is 1. The van der Waals surface area contributed by atoms with Crippen LogP contribution in [0.4, 0.5) is 0 Å². The molecule has 1 aromatic rings. The van der Waals surface area contributed by atoms with E-state index < -0.39 is 12.0 Å². The van der Waals surface area contributed by atoms with Gasteiger partial charge in [-0.1, -0.05) is 0 Å². The molecule has 1 fully saturated rings. The highest BCUT2D eigenvalue weighted by atomic mass is 32.2. The minimum absolute atomic E-state index is 0.0887. The van der Waals surface area contributed by atoms with Crippen molar-refractivity contribution in [3.63, 3.8) is 0 Å². The lowest BCUT2D eigenvalue weighted by Gasteiger charge is -2.34. The van der Waals surface area contributed by atoms with Gasteiger partial charge in [-0.25, -0.2) is 0 Å². The first-order valence-electron chi connectivity index (χ1n) is 6.36. The predicted molar refractivity (Wildman–Crippen MR) is 76.1 cm³/mol. The smallest absolute Gasteiger partial charge is 0.305 e. The Morgan fingerprint density at radius 3 is 2.70 bits per heavy atom. The zero-order chi connectivity index (χ0) is 14.5. The normalized spacial score (nSPS) is 18.9. The molecule has 0 saturated carbocycles. The number of hydrogen-bond donors (Lipinski definition) is 1. The first-order chi connectivity index (χ1) is 9.61. The molecule has 0 aliphatic carbocycles. The van der Waals surface area contributed by atoms with Gasteiger partial charge in [0.15, 0.2) is 0 Å². The summed E-state index contributed by atoms with van der Waals surface area (Å²) in [4.78, 5) is 26.0. The van der Waals surface area contributed by atoms with Gasteiger partial charge in [0.1, 0.15) is 0 Å². The minimum Gasteiger partial charge on any atom is -0.481 e. The van der Waals surface area contributed by atoms with E-state index >= 15 is 0 Å². The van der Waals surface area contributed by atoms with Crippen molar-refractivity contribution < 1.29 is 19.4 Å². The Hall–Kier alpha value is -1.53. The molecule has 6 heteroatoms. The fourth-order valence-electron chi connectivity index (χ4n) is 2.19. The number of carbonyl (C=O) groups excluding carboxylic acids is 1. The van der Waals surface area contributed by atoms with Gasteiger partial charge in [0.05, 0.1) is 25.7 Å². The van der Waals surface area contributed by atoms with Gasteiger partial charge >= 0.3 is 5.97 Å². The molecule has 1 N–H and O–H groups in total. The summed E-state index contributed by atoms with van der Waals surface area (Å²) in [6.07, 6.45) is 1.89. The van der Waals surface area contributed by atoms with Crippen LogP contribution in [0.5, 0.6) is 0 Å². The van der Waals surface area contributed by atoms with Crippen molar-refractivity contribution >= 4 is 23.6 Å². The molecule has 108 valence electrons. The summed E-state index contributed by atoms with van der Waals surface area (Å²) in [6, 6.07) is 6.95. The Labute approximate surface area is 121 Å². The van der Waals surface area contributed by atoms with Crippen LogP contribution in [0.15, 0.2) is 29.2 Å². The molecule has 0 aromatic heterocycles. The Balaban J connectivity index is 2.13. The summed E-state index contributed by atoms with van der Waals surface area (Å²) in [5.74, 6) is -1.05. The van der Waals surface area contributed by atoms with Gasteiger partial charge in [0.2, 0.25) is 0 Å². The van der Waals surface area contributed by atoms with Crippen LogP contribution in [0.1, 0.15) is 16.8 Å². The fraction of sp³-hybridized carbons (Fsp3) is 0.429. The van der Waals surface area contributed by atoms with E-state index in [1.807, 2.05) is 18.4 Å². The number of rotatable bonds is 4. The van der Waals surface area contributed by atoms with E-state index in [-0.39, 0.29) is 18.9 Å². The Morgan fingerprint density at radius 2 is 2.10 bits per heavy atom. The lowest BCUT2D eigenvalue weighted by atomic mass is 10.1. The average Bonchev–Trinajstić information content (AvgIpc) is 2.46. The summed E-state index contributed by atoms with van der Waals surface area (Å²) < 4.78 is 5.28. The van der Waals surface area contributed by atoms with Crippen LogP contribution < -0.4 is 0 Å². The van der Waals surface area contributed by atoms with Crippen molar-refractivity contribution in [3.8, 4) is 0 Å². The quantitative estimate of drug-likeness (QED) is 0.857. The molecule has 1 aliphatic rings. The molecule has 1 aliphatic heterocycles. The van der Waals surface area contributed by atoms with Gasteiger partial charge in [0.25, 0.3) is 5.91 Å². The van der Waals surface area contributed by atoms with E-state index in [1.165, 1.54) is 0 Å². The molecule has 5 nitrogen and oxygen atoms in total. The van der Waals surface area contributed by atoms with E-state index in [0.717, 1.165) is 4.90 Å². The highest BCUT2D eigenvalue weighted by Gasteiger charge is 2.29. The number of ether oxygens (including phenoxy) is 1. The maximum absolute atomic E-state index is 12.5. The van der Waals surface area contributed by atoms with Gasteiger partial charge < -0.3 is 14.7 Å². The molecule has 1 aromatic carbocycles. The molecule has 1 amide bonds. The molecule has 20 heavy (non-hydrogen) atoms. The third-order valence-corrected chi connectivity index (χ3v) is 3.98. The molecule has 1 unspecified atom stereocenters. The van der Waals surface area contributed by atoms with Crippen molar-refractivity contribution in [3.05, 3.63) is 29.8 Å². The van der Waals surface area contributed by atoms with Crippen LogP contribution in [0, 0.1) is 0 Å². The highest BCUT2D eigenvalue weighted by Crippen LogP contribution is 2.18. The molecule has 1 saturated heterocycles. The van der Waals surface area contributed by atoms with Crippen molar-refractivity contribution in [2.45, 2.75) is 17.4 Å². The van der Waals surface area contributed by atoms with Crippen LogP contribution in [0.2, 0.25) is 0 Å². The summed E-state index contributed by atoms with van der Waals surface area (Å²) in [6.45, 7) is 1.16. The topological polar surface area (TPSA) is 66.8 Å². The van der Waals surface area contributed by atoms with Gasteiger partial charge in [-0.2, -0.15) is 0 Å².